The maximum atomic E-state index is 6.16. The summed E-state index contributed by atoms with van der Waals surface area (Å²) in [6, 6.07) is 8.54. The van der Waals surface area contributed by atoms with Gasteiger partial charge in [-0.2, -0.15) is 0 Å². The maximum Gasteiger partial charge on any atom is 0.159 e. The van der Waals surface area contributed by atoms with Crippen LogP contribution in [-0.2, 0) is 0 Å². The molecule has 0 amide bonds. The topological polar surface area (TPSA) is 29.0 Å². The Morgan fingerprint density at radius 3 is 2.50 bits per heavy atom. The average Bonchev–Trinajstić information content (AvgIpc) is 2.49. The molecule has 0 aliphatic carbocycles. The minimum atomic E-state index is 0.445. The number of hydrogen-bond donors (Lipinski definition) is 0. The zero-order chi connectivity index (χ0) is 14.5. The Balaban J connectivity index is 2.50. The molecular weight excluding hydrogens is 270 g/mol. The van der Waals surface area contributed by atoms with Crippen molar-refractivity contribution in [2.24, 2.45) is 0 Å². The monoisotopic (exact) mass is 291 g/mol. The van der Waals surface area contributed by atoms with Gasteiger partial charge in [-0.15, -0.1) is 10.2 Å². The van der Waals surface area contributed by atoms with Crippen molar-refractivity contribution in [2.45, 2.75) is 46.1 Å². The predicted octanol–water partition coefficient (Wildman–Crippen LogP) is 4.69. The molecule has 1 heterocycles. The van der Waals surface area contributed by atoms with Crippen molar-refractivity contribution in [2.75, 3.05) is 11.4 Å². The van der Waals surface area contributed by atoms with Crippen LogP contribution in [0, 0.1) is 0 Å². The largest absolute Gasteiger partial charge is 0.352 e. The summed E-state index contributed by atoms with van der Waals surface area (Å²) < 4.78 is 0. The van der Waals surface area contributed by atoms with E-state index in [0.29, 0.717) is 11.2 Å². The number of fused-ring (bicyclic) bond motifs is 1. The first-order valence-corrected chi connectivity index (χ1v) is 7.74. The summed E-state index contributed by atoms with van der Waals surface area (Å²) in [5, 5.41) is 11.0. The highest BCUT2D eigenvalue weighted by molar-refractivity contribution is 6.34. The molecule has 0 bridgehead atoms. The fraction of sp³-hybridized carbons (Fsp3) is 0.500. The molecule has 0 spiro atoms. The molecule has 0 saturated heterocycles. The Labute approximate surface area is 126 Å². The highest BCUT2D eigenvalue weighted by Gasteiger charge is 2.18. The first kappa shape index (κ1) is 15.0. The summed E-state index contributed by atoms with van der Waals surface area (Å²) >= 11 is 6.16. The number of nitrogens with zero attached hydrogens (tertiary/aromatic N) is 3. The van der Waals surface area contributed by atoms with Crippen molar-refractivity contribution >= 4 is 28.2 Å². The van der Waals surface area contributed by atoms with E-state index in [0.717, 1.165) is 36.0 Å². The van der Waals surface area contributed by atoms with E-state index in [2.05, 4.69) is 41.9 Å². The molecule has 3 nitrogen and oxygen atoms in total. The lowest BCUT2D eigenvalue weighted by atomic mass is 10.1. The highest BCUT2D eigenvalue weighted by Crippen LogP contribution is 2.29. The molecule has 1 aromatic carbocycles. The zero-order valence-corrected chi connectivity index (χ0v) is 13.2. The van der Waals surface area contributed by atoms with Crippen LogP contribution in [-0.4, -0.2) is 22.8 Å². The minimum absolute atomic E-state index is 0.445. The van der Waals surface area contributed by atoms with Gasteiger partial charge >= 0.3 is 0 Å². The third-order valence-corrected chi connectivity index (χ3v) is 4.05. The number of unbranched alkanes of at least 4 members (excludes halogenated alkanes) is 1. The summed E-state index contributed by atoms with van der Waals surface area (Å²) in [4.78, 5) is 2.36. The maximum absolute atomic E-state index is 6.16. The normalized spacial score (nSPS) is 12.6. The number of hydrogen-bond acceptors (Lipinski definition) is 3. The van der Waals surface area contributed by atoms with Crippen LogP contribution in [0.5, 0.6) is 0 Å². The molecule has 0 radical (unpaired) electrons. The first-order valence-electron chi connectivity index (χ1n) is 7.36. The standard InChI is InChI=1S/C16H22ClN3/c1-4-6-11-20(12(3)5-2)16-14-10-8-7-9-13(14)15(17)18-19-16/h7-10,12H,4-6,11H2,1-3H3. The summed E-state index contributed by atoms with van der Waals surface area (Å²) in [5.74, 6) is 0.952. The van der Waals surface area contributed by atoms with Crippen LogP contribution in [0.3, 0.4) is 0 Å². The molecule has 0 aliphatic heterocycles. The van der Waals surface area contributed by atoms with Gasteiger partial charge in [0.1, 0.15) is 0 Å². The average molecular weight is 292 g/mol. The molecular formula is C16H22ClN3. The number of anilines is 1. The lowest BCUT2D eigenvalue weighted by Crippen LogP contribution is -2.34. The molecule has 1 aromatic heterocycles. The molecule has 0 fully saturated rings. The van der Waals surface area contributed by atoms with Gasteiger partial charge in [0.05, 0.1) is 0 Å². The summed E-state index contributed by atoms with van der Waals surface area (Å²) in [6.45, 7) is 7.65. The number of benzene rings is 1. The van der Waals surface area contributed by atoms with E-state index in [9.17, 15) is 0 Å². The van der Waals surface area contributed by atoms with Gasteiger partial charge in [0.2, 0.25) is 0 Å². The van der Waals surface area contributed by atoms with Gasteiger partial charge in [0, 0.05) is 23.4 Å². The van der Waals surface area contributed by atoms with E-state index in [4.69, 9.17) is 11.6 Å². The quantitative estimate of drug-likeness (QED) is 0.773. The summed E-state index contributed by atoms with van der Waals surface area (Å²) in [6.07, 6.45) is 3.41. The fourth-order valence-electron chi connectivity index (χ4n) is 2.35. The second kappa shape index (κ2) is 6.89. The van der Waals surface area contributed by atoms with Gasteiger partial charge < -0.3 is 4.90 Å². The van der Waals surface area contributed by atoms with Crippen LogP contribution in [0.15, 0.2) is 24.3 Å². The van der Waals surface area contributed by atoms with E-state index in [1.807, 2.05) is 18.2 Å². The number of aromatic nitrogens is 2. The van der Waals surface area contributed by atoms with Gasteiger partial charge in [0.15, 0.2) is 11.0 Å². The van der Waals surface area contributed by atoms with E-state index < -0.39 is 0 Å². The van der Waals surface area contributed by atoms with E-state index >= 15 is 0 Å². The van der Waals surface area contributed by atoms with Crippen LogP contribution >= 0.6 is 11.6 Å². The molecule has 1 unspecified atom stereocenters. The third-order valence-electron chi connectivity index (χ3n) is 3.77. The molecule has 1 atom stereocenters. The molecule has 20 heavy (non-hydrogen) atoms. The Kier molecular flexibility index (Phi) is 5.18. The van der Waals surface area contributed by atoms with Crippen molar-refractivity contribution in [1.29, 1.82) is 0 Å². The molecule has 0 aliphatic rings. The van der Waals surface area contributed by atoms with Gasteiger partial charge in [-0.05, 0) is 19.8 Å². The van der Waals surface area contributed by atoms with Gasteiger partial charge in [-0.25, -0.2) is 0 Å². The van der Waals surface area contributed by atoms with Gasteiger partial charge in [0.25, 0.3) is 0 Å². The SMILES string of the molecule is CCCCN(c1nnc(Cl)c2ccccc12)C(C)CC. The van der Waals surface area contributed by atoms with Crippen LogP contribution in [0.4, 0.5) is 5.82 Å². The molecule has 108 valence electrons. The van der Waals surface area contributed by atoms with Crippen LogP contribution in [0.2, 0.25) is 5.15 Å². The first-order chi connectivity index (χ1) is 9.69. The molecule has 2 rings (SSSR count). The Hall–Kier alpha value is -1.35. The second-order valence-electron chi connectivity index (χ2n) is 5.16. The molecule has 0 N–H and O–H groups in total. The van der Waals surface area contributed by atoms with Crippen molar-refractivity contribution < 1.29 is 0 Å². The van der Waals surface area contributed by atoms with Crippen LogP contribution < -0.4 is 4.90 Å². The third kappa shape index (κ3) is 3.04. The van der Waals surface area contributed by atoms with Crippen molar-refractivity contribution in [3.63, 3.8) is 0 Å². The summed E-state index contributed by atoms with van der Waals surface area (Å²) in [7, 11) is 0. The minimum Gasteiger partial charge on any atom is -0.352 e. The van der Waals surface area contributed by atoms with Gasteiger partial charge in [-0.3, -0.25) is 0 Å². The Morgan fingerprint density at radius 1 is 1.15 bits per heavy atom. The van der Waals surface area contributed by atoms with E-state index in [1.54, 1.807) is 0 Å². The van der Waals surface area contributed by atoms with Crippen LogP contribution in [0.25, 0.3) is 10.8 Å². The zero-order valence-electron chi connectivity index (χ0n) is 12.4. The van der Waals surface area contributed by atoms with E-state index in [1.165, 1.54) is 6.42 Å². The van der Waals surface area contributed by atoms with E-state index in [-0.39, 0.29) is 0 Å². The lowest BCUT2D eigenvalue weighted by Gasteiger charge is -2.30. The van der Waals surface area contributed by atoms with Crippen molar-refractivity contribution in [3.05, 3.63) is 29.4 Å². The Bertz CT molecular complexity index is 571. The predicted molar refractivity (Wildman–Crippen MR) is 86.6 cm³/mol. The fourth-order valence-corrected chi connectivity index (χ4v) is 2.56. The number of halogens is 1. The Morgan fingerprint density at radius 2 is 1.85 bits per heavy atom. The van der Waals surface area contributed by atoms with Crippen molar-refractivity contribution in [3.8, 4) is 0 Å². The highest BCUT2D eigenvalue weighted by atomic mass is 35.5. The number of rotatable bonds is 6. The molecule has 0 saturated carbocycles. The summed E-state index contributed by atoms with van der Waals surface area (Å²) in [5.41, 5.74) is 0. The lowest BCUT2D eigenvalue weighted by molar-refractivity contribution is 0.588. The second-order valence-corrected chi connectivity index (χ2v) is 5.52. The van der Waals surface area contributed by atoms with Crippen LogP contribution in [0.1, 0.15) is 40.0 Å². The smallest absolute Gasteiger partial charge is 0.159 e. The molecule has 2 aromatic rings. The van der Waals surface area contributed by atoms with Gasteiger partial charge in [-0.1, -0.05) is 56.1 Å². The van der Waals surface area contributed by atoms with Crippen molar-refractivity contribution in [1.82, 2.24) is 10.2 Å². The molecule has 4 heteroatoms.